The Bertz CT molecular complexity index is 956. The average Bonchev–Trinajstić information content (AvgIpc) is 3.64. The molecule has 2 heterocycles. The standard InChI is InChI=1S/C25H28N2O6/c1-33-25(32)16(27-23(30)19-14-7-8-15(11-14)20(19)24(27)31)4-2-3-9-26-21(28)17-12-5-6-13(10-12)18(17)22(26)29/h5-8,12-20H,2-4,9-11H2,1H3/t12-,13-,14-,15-,16+,17-,18-,19-,20+/m0/s1. The number of nitrogens with zero attached hydrogens (tertiary/aromatic N) is 2. The van der Waals surface area contributed by atoms with Gasteiger partial charge in [0.2, 0.25) is 23.6 Å². The van der Waals surface area contributed by atoms with Crippen molar-refractivity contribution in [2.24, 2.45) is 47.3 Å². The summed E-state index contributed by atoms with van der Waals surface area (Å²) in [6, 6.07) is -0.954. The predicted molar refractivity (Wildman–Crippen MR) is 114 cm³/mol. The molecule has 4 fully saturated rings. The predicted octanol–water partition coefficient (Wildman–Crippen LogP) is 1.31. The number of ether oxygens (including phenoxy) is 1. The van der Waals surface area contributed by atoms with Gasteiger partial charge in [-0.05, 0) is 55.8 Å². The fraction of sp³-hybridized carbons (Fsp3) is 0.640. The molecule has 8 heteroatoms. The first kappa shape index (κ1) is 20.8. The Hall–Kier alpha value is -2.77. The number of hydrogen-bond donors (Lipinski definition) is 0. The number of imide groups is 2. The first-order valence-electron chi connectivity index (χ1n) is 12.1. The smallest absolute Gasteiger partial charge is 0.329 e. The molecule has 4 amide bonds. The second kappa shape index (κ2) is 7.37. The number of esters is 1. The maximum absolute atomic E-state index is 13.1. The number of unbranched alkanes of at least 4 members (excludes halogenated alkanes) is 1. The van der Waals surface area contributed by atoms with Crippen molar-refractivity contribution in [1.82, 2.24) is 9.80 Å². The van der Waals surface area contributed by atoms with E-state index in [1.807, 2.05) is 12.2 Å². The molecule has 6 aliphatic rings. The highest BCUT2D eigenvalue weighted by molar-refractivity contribution is 6.09. The first-order chi connectivity index (χ1) is 15.9. The number of allylic oxidation sites excluding steroid dienone is 4. The highest BCUT2D eigenvalue weighted by Gasteiger charge is 2.61. The quantitative estimate of drug-likeness (QED) is 0.250. The molecule has 0 N–H and O–H groups in total. The van der Waals surface area contributed by atoms with Gasteiger partial charge >= 0.3 is 5.97 Å². The van der Waals surface area contributed by atoms with Gasteiger partial charge in [-0.1, -0.05) is 24.3 Å². The van der Waals surface area contributed by atoms with Crippen molar-refractivity contribution >= 4 is 29.6 Å². The van der Waals surface area contributed by atoms with Crippen LogP contribution in [-0.4, -0.2) is 59.1 Å². The monoisotopic (exact) mass is 452 g/mol. The van der Waals surface area contributed by atoms with E-state index in [1.54, 1.807) is 0 Å². The largest absolute Gasteiger partial charge is 0.467 e. The van der Waals surface area contributed by atoms with Gasteiger partial charge in [-0.25, -0.2) is 4.79 Å². The number of carbonyl (C=O) groups excluding carboxylic acids is 5. The van der Waals surface area contributed by atoms with Gasteiger partial charge in [0.15, 0.2) is 0 Å². The lowest BCUT2D eigenvalue weighted by atomic mass is 9.85. The lowest BCUT2D eigenvalue weighted by Gasteiger charge is -2.26. The van der Waals surface area contributed by atoms with Crippen LogP contribution in [0.1, 0.15) is 32.1 Å². The van der Waals surface area contributed by atoms with Crippen LogP contribution in [0, 0.1) is 47.3 Å². The van der Waals surface area contributed by atoms with Crippen molar-refractivity contribution in [2.75, 3.05) is 13.7 Å². The van der Waals surface area contributed by atoms with Gasteiger partial charge in [-0.15, -0.1) is 0 Å². The van der Waals surface area contributed by atoms with E-state index < -0.39 is 12.0 Å². The highest BCUT2D eigenvalue weighted by Crippen LogP contribution is 2.54. The third kappa shape index (κ3) is 2.78. The van der Waals surface area contributed by atoms with Gasteiger partial charge in [0.05, 0.1) is 30.8 Å². The van der Waals surface area contributed by atoms with Crippen molar-refractivity contribution in [3.8, 4) is 0 Å². The number of rotatable bonds is 7. The van der Waals surface area contributed by atoms with E-state index in [9.17, 15) is 24.0 Å². The van der Waals surface area contributed by atoms with Crippen molar-refractivity contribution < 1.29 is 28.7 Å². The lowest BCUT2D eigenvalue weighted by Crippen LogP contribution is -2.47. The maximum Gasteiger partial charge on any atom is 0.329 e. The highest BCUT2D eigenvalue weighted by atomic mass is 16.5. The Labute approximate surface area is 192 Å². The molecule has 6 rings (SSSR count). The SMILES string of the molecule is COC(=O)[C@@H](CCCCN1C(=O)[C@@H]2[C@@H](C1=O)[C@H]1C=C[C@H]2C1)N1C(=O)[C@@H]2[C@H](C1=O)[C@H]1C=C[C@H]2C1. The molecule has 174 valence electrons. The summed E-state index contributed by atoms with van der Waals surface area (Å²) in [4.78, 5) is 67.0. The van der Waals surface area contributed by atoms with Gasteiger partial charge in [0.25, 0.3) is 0 Å². The zero-order valence-corrected chi connectivity index (χ0v) is 18.6. The second-order valence-electron chi connectivity index (χ2n) is 10.4. The Morgan fingerprint density at radius 1 is 0.818 bits per heavy atom. The van der Waals surface area contributed by atoms with Gasteiger partial charge < -0.3 is 4.74 Å². The van der Waals surface area contributed by atoms with Crippen molar-refractivity contribution in [3.05, 3.63) is 24.3 Å². The lowest BCUT2D eigenvalue weighted by molar-refractivity contribution is -0.157. The molecule has 33 heavy (non-hydrogen) atoms. The van der Waals surface area contributed by atoms with Crippen LogP contribution in [0.5, 0.6) is 0 Å². The molecule has 0 aromatic carbocycles. The van der Waals surface area contributed by atoms with E-state index in [1.165, 1.54) is 12.0 Å². The molecule has 4 bridgehead atoms. The van der Waals surface area contributed by atoms with Crippen LogP contribution < -0.4 is 0 Å². The fourth-order valence-corrected chi connectivity index (χ4v) is 7.51. The molecule has 0 radical (unpaired) electrons. The molecule has 0 aromatic heterocycles. The molecule has 9 atom stereocenters. The summed E-state index contributed by atoms with van der Waals surface area (Å²) < 4.78 is 4.93. The molecule has 0 aromatic rings. The van der Waals surface area contributed by atoms with E-state index in [4.69, 9.17) is 4.74 Å². The first-order valence-corrected chi connectivity index (χ1v) is 12.1. The summed E-state index contributed by atoms with van der Waals surface area (Å²) in [6.45, 7) is 0.305. The normalized spacial score (nSPS) is 40.4. The molecular weight excluding hydrogens is 424 g/mol. The Morgan fingerprint density at radius 3 is 1.73 bits per heavy atom. The van der Waals surface area contributed by atoms with Crippen LogP contribution in [0.4, 0.5) is 0 Å². The zero-order valence-electron chi connectivity index (χ0n) is 18.6. The Morgan fingerprint density at radius 2 is 1.27 bits per heavy atom. The van der Waals surface area contributed by atoms with Crippen molar-refractivity contribution in [1.29, 1.82) is 0 Å². The zero-order chi connectivity index (χ0) is 23.0. The third-order valence-electron chi connectivity index (χ3n) is 8.96. The molecule has 4 aliphatic carbocycles. The maximum atomic E-state index is 13.1. The minimum Gasteiger partial charge on any atom is -0.467 e. The number of likely N-dealkylation sites (tertiary alicyclic amines) is 2. The summed E-state index contributed by atoms with van der Waals surface area (Å²) >= 11 is 0. The Kier molecular flexibility index (Phi) is 4.65. The van der Waals surface area contributed by atoms with Crippen molar-refractivity contribution in [2.45, 2.75) is 38.1 Å². The minimum atomic E-state index is -0.954. The van der Waals surface area contributed by atoms with E-state index >= 15 is 0 Å². The number of hydrogen-bond acceptors (Lipinski definition) is 6. The van der Waals surface area contributed by atoms with Crippen molar-refractivity contribution in [3.63, 3.8) is 0 Å². The average molecular weight is 453 g/mol. The number of carbonyl (C=O) groups is 5. The number of amides is 4. The summed E-state index contributed by atoms with van der Waals surface area (Å²) in [5.41, 5.74) is 0. The van der Waals surface area contributed by atoms with Crippen LogP contribution in [0.3, 0.4) is 0 Å². The number of fused-ring (bicyclic) bond motifs is 10. The third-order valence-corrected chi connectivity index (χ3v) is 8.96. The molecule has 8 nitrogen and oxygen atoms in total. The summed E-state index contributed by atoms with van der Waals surface area (Å²) in [7, 11) is 1.26. The van der Waals surface area contributed by atoms with E-state index in [0.29, 0.717) is 19.4 Å². The molecular formula is C25H28N2O6. The van der Waals surface area contributed by atoms with Crippen LogP contribution >= 0.6 is 0 Å². The van der Waals surface area contributed by atoms with Gasteiger partial charge in [-0.2, -0.15) is 0 Å². The van der Waals surface area contributed by atoms with E-state index in [2.05, 4.69) is 12.2 Å². The summed E-state index contributed by atoms with van der Waals surface area (Å²) in [5, 5.41) is 0. The van der Waals surface area contributed by atoms with Crippen LogP contribution in [0.15, 0.2) is 24.3 Å². The fourth-order valence-electron chi connectivity index (χ4n) is 7.51. The molecule has 2 saturated carbocycles. The molecule has 0 spiro atoms. The van der Waals surface area contributed by atoms with Crippen LogP contribution in [0.2, 0.25) is 0 Å². The minimum absolute atomic E-state index is 0.0768. The van der Waals surface area contributed by atoms with Gasteiger partial charge in [-0.3, -0.25) is 29.0 Å². The summed E-state index contributed by atoms with van der Waals surface area (Å²) in [5.74, 6) is -1.89. The van der Waals surface area contributed by atoms with Gasteiger partial charge in [0.1, 0.15) is 6.04 Å². The van der Waals surface area contributed by atoms with E-state index in [0.717, 1.165) is 17.7 Å². The van der Waals surface area contributed by atoms with Crippen LogP contribution in [-0.2, 0) is 28.7 Å². The molecule has 2 aliphatic heterocycles. The summed E-state index contributed by atoms with van der Waals surface area (Å²) in [6.07, 6.45) is 11.2. The molecule has 2 saturated heterocycles. The van der Waals surface area contributed by atoms with E-state index in [-0.39, 0.29) is 77.4 Å². The molecule has 0 unspecified atom stereocenters. The second-order valence-corrected chi connectivity index (χ2v) is 10.4. The number of methoxy groups -OCH3 is 1. The van der Waals surface area contributed by atoms with Gasteiger partial charge in [0, 0.05) is 6.54 Å². The topological polar surface area (TPSA) is 101 Å². The van der Waals surface area contributed by atoms with Crippen LogP contribution in [0.25, 0.3) is 0 Å². The Balaban J connectivity index is 1.09.